The van der Waals surface area contributed by atoms with Crippen LogP contribution >= 0.6 is 0 Å². The van der Waals surface area contributed by atoms with Crippen LogP contribution in [0.2, 0.25) is 0 Å². The van der Waals surface area contributed by atoms with Crippen LogP contribution in [0.3, 0.4) is 0 Å². The number of carbonyl (C=O) groups excluding carboxylic acids is 1. The molecule has 5 aromatic rings. The Balaban J connectivity index is 1.40. The fourth-order valence-corrected chi connectivity index (χ4v) is 5.48. The summed E-state index contributed by atoms with van der Waals surface area (Å²) in [5, 5.41) is 12.7. The lowest BCUT2D eigenvalue weighted by Crippen LogP contribution is -2.37. The molecular weight excluding hydrogens is 498 g/mol. The lowest BCUT2D eigenvalue weighted by Gasteiger charge is -2.29. The number of benzene rings is 2. The lowest BCUT2D eigenvalue weighted by molar-refractivity contribution is -0.132. The molecule has 0 unspecified atom stereocenters. The number of amides is 1. The number of aromatic hydroxyl groups is 1. The van der Waals surface area contributed by atoms with Crippen molar-refractivity contribution in [2.75, 3.05) is 13.7 Å². The van der Waals surface area contributed by atoms with Gasteiger partial charge in [-0.15, -0.1) is 0 Å². The van der Waals surface area contributed by atoms with Gasteiger partial charge in [0.25, 0.3) is 5.56 Å². The van der Waals surface area contributed by atoms with E-state index in [4.69, 9.17) is 9.15 Å². The first kappa shape index (κ1) is 24.7. The summed E-state index contributed by atoms with van der Waals surface area (Å²) in [4.78, 5) is 47.6. The Kier molecular flexibility index (Phi) is 6.28. The molecule has 1 aliphatic heterocycles. The third kappa shape index (κ3) is 4.51. The van der Waals surface area contributed by atoms with Gasteiger partial charge in [-0.25, -0.2) is 0 Å². The number of ether oxygens (including phenoxy) is 1. The van der Waals surface area contributed by atoms with E-state index in [-0.39, 0.29) is 36.0 Å². The molecule has 198 valence electrons. The second-order valence-corrected chi connectivity index (χ2v) is 9.81. The van der Waals surface area contributed by atoms with Gasteiger partial charge in [0.05, 0.1) is 12.5 Å². The summed E-state index contributed by atoms with van der Waals surface area (Å²) in [6.07, 6.45) is 0.514. The van der Waals surface area contributed by atoms with E-state index in [0.29, 0.717) is 25.0 Å². The van der Waals surface area contributed by atoms with Crippen molar-refractivity contribution in [1.82, 2.24) is 14.9 Å². The zero-order valence-corrected chi connectivity index (χ0v) is 21.3. The zero-order valence-electron chi connectivity index (χ0n) is 21.3. The Labute approximate surface area is 222 Å². The number of rotatable bonds is 6. The number of aromatic nitrogens is 2. The van der Waals surface area contributed by atoms with Gasteiger partial charge < -0.3 is 29.1 Å². The molecule has 1 amide bonds. The maximum atomic E-state index is 13.7. The standard InChI is InChI=1S/C30H27N3O6/c1-38-16-18-13-26(34)28(36)29(39-18)21(22-12-17-6-2-4-8-23(17)32-30(22)37)14-27(35)33-11-10-20-19-7-3-5-9-24(19)31-25(20)15-33/h2-9,12-13,21,31,36H,10-11,14-16H2,1H3,(H,32,37)/t21-/m1/s1. The molecule has 2 aromatic carbocycles. The SMILES string of the molecule is COCc1cc(=O)c(O)c([C@H](CC(=O)N2CCc3c([nH]c4ccccc34)C2)c2cc3ccccc3[nH]c2=O)o1. The number of H-pyrrole nitrogens is 2. The second-order valence-electron chi connectivity index (χ2n) is 9.81. The van der Waals surface area contributed by atoms with Gasteiger partial charge in [0.1, 0.15) is 12.4 Å². The van der Waals surface area contributed by atoms with Crippen molar-refractivity contribution >= 4 is 27.7 Å². The molecule has 1 atom stereocenters. The minimum absolute atomic E-state index is 0.00739. The van der Waals surface area contributed by atoms with Gasteiger partial charge in [0.2, 0.25) is 17.1 Å². The van der Waals surface area contributed by atoms with Gasteiger partial charge in [-0.2, -0.15) is 0 Å². The van der Waals surface area contributed by atoms with E-state index >= 15 is 0 Å². The molecule has 0 bridgehead atoms. The van der Waals surface area contributed by atoms with E-state index in [1.54, 1.807) is 17.0 Å². The highest BCUT2D eigenvalue weighted by molar-refractivity contribution is 5.86. The summed E-state index contributed by atoms with van der Waals surface area (Å²) >= 11 is 0. The van der Waals surface area contributed by atoms with Crippen LogP contribution in [0.4, 0.5) is 0 Å². The van der Waals surface area contributed by atoms with Gasteiger partial charge in [-0.05, 0) is 35.6 Å². The van der Waals surface area contributed by atoms with E-state index in [9.17, 15) is 19.5 Å². The molecule has 4 heterocycles. The summed E-state index contributed by atoms with van der Waals surface area (Å²) < 4.78 is 11.0. The zero-order chi connectivity index (χ0) is 27.1. The molecule has 9 nitrogen and oxygen atoms in total. The number of nitrogens with zero attached hydrogens (tertiary/aromatic N) is 1. The van der Waals surface area contributed by atoms with Crippen LogP contribution in [0.5, 0.6) is 5.75 Å². The highest BCUT2D eigenvalue weighted by Gasteiger charge is 2.32. The fourth-order valence-electron chi connectivity index (χ4n) is 5.48. The number of para-hydroxylation sites is 2. The van der Waals surface area contributed by atoms with Crippen molar-refractivity contribution in [1.29, 1.82) is 0 Å². The van der Waals surface area contributed by atoms with Crippen molar-refractivity contribution in [3.05, 3.63) is 110 Å². The number of hydrogen-bond donors (Lipinski definition) is 3. The van der Waals surface area contributed by atoms with E-state index in [2.05, 4.69) is 16.0 Å². The number of carbonyl (C=O) groups is 1. The van der Waals surface area contributed by atoms with Crippen LogP contribution < -0.4 is 11.0 Å². The van der Waals surface area contributed by atoms with Gasteiger partial charge in [-0.1, -0.05) is 36.4 Å². The number of fused-ring (bicyclic) bond motifs is 4. The fraction of sp³-hybridized carbons (Fsp3) is 0.233. The molecule has 0 radical (unpaired) electrons. The molecule has 3 N–H and O–H groups in total. The lowest BCUT2D eigenvalue weighted by atomic mass is 9.91. The van der Waals surface area contributed by atoms with E-state index in [1.165, 1.54) is 12.7 Å². The number of pyridine rings is 1. The monoisotopic (exact) mass is 525 g/mol. The van der Waals surface area contributed by atoms with Crippen molar-refractivity contribution in [3.8, 4) is 5.75 Å². The Morgan fingerprint density at radius 2 is 1.85 bits per heavy atom. The second kappa shape index (κ2) is 9.92. The molecule has 0 saturated carbocycles. The largest absolute Gasteiger partial charge is 0.502 e. The highest BCUT2D eigenvalue weighted by Crippen LogP contribution is 2.34. The molecular formula is C30H27N3O6. The minimum atomic E-state index is -1.00. The van der Waals surface area contributed by atoms with Crippen molar-refractivity contribution < 1.29 is 19.1 Å². The molecule has 6 rings (SSSR count). The van der Waals surface area contributed by atoms with Crippen molar-refractivity contribution in [2.24, 2.45) is 0 Å². The summed E-state index contributed by atoms with van der Waals surface area (Å²) in [5.41, 5.74) is 2.97. The Bertz CT molecular complexity index is 1830. The van der Waals surface area contributed by atoms with Crippen LogP contribution in [-0.4, -0.2) is 39.5 Å². The normalized spacial score (nSPS) is 14.0. The average molecular weight is 526 g/mol. The molecule has 3 aromatic heterocycles. The van der Waals surface area contributed by atoms with Crippen molar-refractivity contribution in [2.45, 2.75) is 31.9 Å². The number of methoxy groups -OCH3 is 1. The van der Waals surface area contributed by atoms with Crippen LogP contribution in [0.1, 0.15) is 40.7 Å². The van der Waals surface area contributed by atoms with Crippen LogP contribution in [0.25, 0.3) is 21.8 Å². The molecule has 1 aliphatic rings. The minimum Gasteiger partial charge on any atom is -0.502 e. The van der Waals surface area contributed by atoms with E-state index in [1.807, 2.05) is 36.4 Å². The number of nitrogens with one attached hydrogen (secondary N) is 2. The van der Waals surface area contributed by atoms with Gasteiger partial charge in [0.15, 0.2) is 5.76 Å². The van der Waals surface area contributed by atoms with Gasteiger partial charge >= 0.3 is 0 Å². The summed E-state index contributed by atoms with van der Waals surface area (Å²) in [6.45, 7) is 0.893. The quantitative estimate of drug-likeness (QED) is 0.308. The third-order valence-corrected chi connectivity index (χ3v) is 7.37. The van der Waals surface area contributed by atoms with Gasteiger partial charge in [0, 0.05) is 53.8 Å². The third-order valence-electron chi connectivity index (χ3n) is 7.37. The van der Waals surface area contributed by atoms with Gasteiger partial charge in [-0.3, -0.25) is 14.4 Å². The predicted octanol–water partition coefficient (Wildman–Crippen LogP) is 3.92. The summed E-state index contributed by atoms with van der Waals surface area (Å²) in [7, 11) is 1.45. The Morgan fingerprint density at radius 3 is 2.67 bits per heavy atom. The first-order valence-electron chi connectivity index (χ1n) is 12.8. The topological polar surface area (TPSA) is 129 Å². The van der Waals surface area contributed by atoms with Crippen LogP contribution in [-0.2, 0) is 29.1 Å². The van der Waals surface area contributed by atoms with E-state index < -0.39 is 22.7 Å². The Morgan fingerprint density at radius 1 is 1.08 bits per heavy atom. The van der Waals surface area contributed by atoms with E-state index in [0.717, 1.165) is 28.0 Å². The number of hydrogen-bond acceptors (Lipinski definition) is 6. The maximum absolute atomic E-state index is 13.7. The first-order valence-corrected chi connectivity index (χ1v) is 12.8. The molecule has 9 heteroatoms. The molecule has 0 fully saturated rings. The molecule has 0 aliphatic carbocycles. The highest BCUT2D eigenvalue weighted by atomic mass is 16.5. The smallest absolute Gasteiger partial charge is 0.252 e. The molecule has 0 saturated heterocycles. The predicted molar refractivity (Wildman–Crippen MR) is 146 cm³/mol. The average Bonchev–Trinajstić information content (AvgIpc) is 3.31. The molecule has 0 spiro atoms. The Hall–Kier alpha value is -4.63. The summed E-state index contributed by atoms with van der Waals surface area (Å²) in [5.74, 6) is -1.80. The maximum Gasteiger partial charge on any atom is 0.252 e. The number of aromatic amines is 2. The van der Waals surface area contributed by atoms with Crippen LogP contribution in [0.15, 0.2) is 74.7 Å². The molecule has 39 heavy (non-hydrogen) atoms. The van der Waals surface area contributed by atoms with Crippen LogP contribution in [0, 0.1) is 0 Å². The summed E-state index contributed by atoms with van der Waals surface area (Å²) in [6, 6.07) is 18.2. The first-order chi connectivity index (χ1) is 18.9. The van der Waals surface area contributed by atoms with Crippen molar-refractivity contribution in [3.63, 3.8) is 0 Å².